The Kier molecular flexibility index (Phi) is 5.11. The molecule has 0 unspecified atom stereocenters. The number of rotatable bonds is 5. The zero-order valence-electron chi connectivity index (χ0n) is 11.0. The fourth-order valence-electron chi connectivity index (χ4n) is 1.37. The van der Waals surface area contributed by atoms with E-state index in [1.807, 2.05) is 6.07 Å². The summed E-state index contributed by atoms with van der Waals surface area (Å²) in [5, 5.41) is 0. The maximum Gasteiger partial charge on any atom is 0.246 e. The van der Waals surface area contributed by atoms with Crippen molar-refractivity contribution in [3.8, 4) is 0 Å². The van der Waals surface area contributed by atoms with E-state index in [0.717, 1.165) is 11.8 Å². The minimum absolute atomic E-state index is 0.0403. The second kappa shape index (κ2) is 6.38. The van der Waals surface area contributed by atoms with Crippen LogP contribution in [-0.2, 0) is 14.6 Å². The van der Waals surface area contributed by atoms with Crippen LogP contribution in [-0.4, -0.2) is 44.8 Å². The van der Waals surface area contributed by atoms with Crippen LogP contribution in [0.15, 0.2) is 30.3 Å². The number of hydrogen-bond acceptors (Lipinski definition) is 4. The summed E-state index contributed by atoms with van der Waals surface area (Å²) < 4.78 is 22.0. The fraction of sp³-hybridized carbons (Fsp3) is 0.308. The van der Waals surface area contributed by atoms with E-state index in [0.29, 0.717) is 5.69 Å². The molecule has 0 aliphatic carbocycles. The van der Waals surface area contributed by atoms with Gasteiger partial charge in [0.1, 0.15) is 9.84 Å². The van der Waals surface area contributed by atoms with E-state index in [2.05, 4.69) is 0 Å². The summed E-state index contributed by atoms with van der Waals surface area (Å²) in [6.07, 6.45) is 4.20. The molecule has 1 rings (SSSR count). The second-order valence-corrected chi connectivity index (χ2v) is 6.65. The fourth-order valence-corrected chi connectivity index (χ4v) is 1.98. The van der Waals surface area contributed by atoms with E-state index in [-0.39, 0.29) is 18.2 Å². The van der Waals surface area contributed by atoms with E-state index in [1.165, 1.54) is 11.0 Å². The highest BCUT2D eigenvalue weighted by Crippen LogP contribution is 2.08. The minimum atomic E-state index is -3.06. The molecule has 0 heterocycles. The van der Waals surface area contributed by atoms with E-state index in [9.17, 15) is 13.2 Å². The molecule has 1 aromatic carbocycles. The predicted octanol–water partition coefficient (Wildman–Crippen LogP) is 0.785. The van der Waals surface area contributed by atoms with Crippen molar-refractivity contribution in [3.63, 3.8) is 0 Å². The Morgan fingerprint density at radius 1 is 1.42 bits per heavy atom. The lowest BCUT2D eigenvalue weighted by Gasteiger charge is -2.13. The molecule has 1 aromatic rings. The number of likely N-dealkylation sites (N-methyl/N-ethyl adjacent to an activating group) is 1. The lowest BCUT2D eigenvalue weighted by atomic mass is 10.2. The minimum Gasteiger partial charge on any atom is -0.399 e. The SMILES string of the molecule is CN(CCS(C)(=O)=O)C(=O)/C=C/c1cccc(N)c1. The van der Waals surface area contributed by atoms with Crippen LogP contribution in [0.25, 0.3) is 6.08 Å². The van der Waals surface area contributed by atoms with E-state index in [4.69, 9.17) is 5.73 Å². The Morgan fingerprint density at radius 3 is 2.68 bits per heavy atom. The molecule has 0 saturated carbocycles. The molecule has 0 radical (unpaired) electrons. The maximum absolute atomic E-state index is 11.7. The maximum atomic E-state index is 11.7. The van der Waals surface area contributed by atoms with Crippen LogP contribution in [0.4, 0.5) is 5.69 Å². The summed E-state index contributed by atoms with van der Waals surface area (Å²) >= 11 is 0. The first-order valence-electron chi connectivity index (χ1n) is 5.74. The molecular weight excluding hydrogens is 264 g/mol. The third-order valence-corrected chi connectivity index (χ3v) is 3.43. The van der Waals surface area contributed by atoms with Gasteiger partial charge in [0.2, 0.25) is 5.91 Å². The molecule has 6 heteroatoms. The second-order valence-electron chi connectivity index (χ2n) is 4.39. The van der Waals surface area contributed by atoms with Crippen LogP contribution in [0.1, 0.15) is 5.56 Å². The number of hydrogen-bond donors (Lipinski definition) is 1. The predicted molar refractivity (Wildman–Crippen MR) is 77.2 cm³/mol. The lowest BCUT2D eigenvalue weighted by molar-refractivity contribution is -0.124. The van der Waals surface area contributed by atoms with Crippen molar-refractivity contribution in [3.05, 3.63) is 35.9 Å². The number of sulfone groups is 1. The van der Waals surface area contributed by atoms with Crippen molar-refractivity contribution < 1.29 is 13.2 Å². The molecule has 0 aliphatic heterocycles. The summed E-state index contributed by atoms with van der Waals surface area (Å²) in [7, 11) is -1.49. The van der Waals surface area contributed by atoms with Crippen molar-refractivity contribution in [1.29, 1.82) is 0 Å². The smallest absolute Gasteiger partial charge is 0.246 e. The zero-order chi connectivity index (χ0) is 14.5. The number of nitrogens with zero attached hydrogens (tertiary/aromatic N) is 1. The zero-order valence-corrected chi connectivity index (χ0v) is 11.9. The van der Waals surface area contributed by atoms with Gasteiger partial charge in [0.25, 0.3) is 0 Å². The molecule has 104 valence electrons. The Bertz CT molecular complexity index is 579. The number of nitrogens with two attached hydrogens (primary N) is 1. The van der Waals surface area contributed by atoms with Crippen LogP contribution >= 0.6 is 0 Å². The quantitative estimate of drug-likeness (QED) is 0.639. The topological polar surface area (TPSA) is 80.5 Å². The highest BCUT2D eigenvalue weighted by atomic mass is 32.2. The first kappa shape index (κ1) is 15.2. The number of carbonyl (C=O) groups excluding carboxylic acids is 1. The molecule has 0 aromatic heterocycles. The summed E-state index contributed by atoms with van der Waals surface area (Å²) in [5.41, 5.74) is 7.07. The standard InChI is InChI=1S/C13H18N2O3S/c1-15(8-9-19(2,17)18)13(16)7-6-11-4-3-5-12(14)10-11/h3-7,10H,8-9,14H2,1-2H3/b7-6+. The van der Waals surface area contributed by atoms with Crippen LogP contribution in [0.5, 0.6) is 0 Å². The number of anilines is 1. The largest absolute Gasteiger partial charge is 0.399 e. The molecule has 0 saturated heterocycles. The van der Waals surface area contributed by atoms with Gasteiger partial charge in [-0.15, -0.1) is 0 Å². The Balaban J connectivity index is 2.59. The van der Waals surface area contributed by atoms with Crippen LogP contribution < -0.4 is 5.73 Å². The normalized spacial score (nSPS) is 11.7. The average molecular weight is 282 g/mol. The molecule has 19 heavy (non-hydrogen) atoms. The number of benzene rings is 1. The summed E-state index contributed by atoms with van der Waals surface area (Å²) in [4.78, 5) is 13.1. The first-order valence-corrected chi connectivity index (χ1v) is 7.80. The van der Waals surface area contributed by atoms with Gasteiger partial charge < -0.3 is 10.6 Å². The molecule has 2 N–H and O–H groups in total. The molecule has 0 fully saturated rings. The molecule has 1 amide bonds. The number of amides is 1. The van der Waals surface area contributed by atoms with E-state index in [1.54, 1.807) is 31.3 Å². The van der Waals surface area contributed by atoms with Crippen molar-refractivity contribution >= 4 is 27.5 Å². The van der Waals surface area contributed by atoms with Gasteiger partial charge in [0.05, 0.1) is 5.75 Å². The number of carbonyl (C=O) groups is 1. The molecule has 0 bridgehead atoms. The van der Waals surface area contributed by atoms with Crippen molar-refractivity contribution in [2.24, 2.45) is 0 Å². The molecule has 0 aliphatic rings. The van der Waals surface area contributed by atoms with Gasteiger partial charge in [0, 0.05) is 31.6 Å². The van der Waals surface area contributed by atoms with Gasteiger partial charge >= 0.3 is 0 Å². The average Bonchev–Trinajstić information content (AvgIpc) is 2.32. The van der Waals surface area contributed by atoms with Gasteiger partial charge in [0.15, 0.2) is 0 Å². The molecule has 5 nitrogen and oxygen atoms in total. The highest BCUT2D eigenvalue weighted by Gasteiger charge is 2.08. The van der Waals surface area contributed by atoms with Gasteiger partial charge in [-0.25, -0.2) is 8.42 Å². The Hall–Kier alpha value is -1.82. The molecule has 0 atom stereocenters. The van der Waals surface area contributed by atoms with Crippen molar-refractivity contribution in [2.45, 2.75) is 0 Å². The highest BCUT2D eigenvalue weighted by molar-refractivity contribution is 7.90. The summed E-state index contributed by atoms with van der Waals surface area (Å²) in [6, 6.07) is 7.14. The van der Waals surface area contributed by atoms with Gasteiger partial charge in [-0.2, -0.15) is 0 Å². The van der Waals surface area contributed by atoms with Gasteiger partial charge in [-0.3, -0.25) is 4.79 Å². The van der Waals surface area contributed by atoms with Gasteiger partial charge in [-0.05, 0) is 23.8 Å². The number of nitrogen functional groups attached to an aromatic ring is 1. The monoisotopic (exact) mass is 282 g/mol. The van der Waals surface area contributed by atoms with Gasteiger partial charge in [-0.1, -0.05) is 12.1 Å². The van der Waals surface area contributed by atoms with Crippen molar-refractivity contribution in [2.75, 3.05) is 31.3 Å². The van der Waals surface area contributed by atoms with Crippen molar-refractivity contribution in [1.82, 2.24) is 4.90 Å². The Labute approximate surface area is 113 Å². The summed E-state index contributed by atoms with van der Waals surface area (Å²) in [5.74, 6) is -0.285. The molecule has 0 spiro atoms. The third-order valence-electron chi connectivity index (χ3n) is 2.50. The Morgan fingerprint density at radius 2 is 2.11 bits per heavy atom. The molecular formula is C13H18N2O3S. The lowest BCUT2D eigenvalue weighted by Crippen LogP contribution is -2.29. The van der Waals surface area contributed by atoms with Crippen LogP contribution in [0.2, 0.25) is 0 Å². The van der Waals surface area contributed by atoms with Crippen LogP contribution in [0.3, 0.4) is 0 Å². The van der Waals surface area contributed by atoms with Crippen LogP contribution in [0, 0.1) is 0 Å². The third kappa shape index (κ3) is 6.05. The van der Waals surface area contributed by atoms with E-state index < -0.39 is 9.84 Å². The first-order chi connectivity index (χ1) is 8.78. The van der Waals surface area contributed by atoms with E-state index >= 15 is 0 Å². The summed E-state index contributed by atoms with van der Waals surface area (Å²) in [6.45, 7) is 0.179.